The zero-order valence-electron chi connectivity index (χ0n) is 18.9. The molecule has 0 bridgehead atoms. The second kappa shape index (κ2) is 10.9. The predicted molar refractivity (Wildman–Crippen MR) is 128 cm³/mol. The van der Waals surface area contributed by atoms with Crippen molar-refractivity contribution in [3.63, 3.8) is 0 Å². The summed E-state index contributed by atoms with van der Waals surface area (Å²) in [5, 5.41) is 12.4. The van der Waals surface area contributed by atoms with Gasteiger partial charge in [0.15, 0.2) is 17.3 Å². The molecule has 0 saturated carbocycles. The van der Waals surface area contributed by atoms with Gasteiger partial charge >= 0.3 is 29.6 Å². The Morgan fingerprint density at radius 1 is 0.943 bits per heavy atom. The molecule has 0 spiro atoms. The standard InChI is InChI=1S/C25H18N2O5S2.Na/c1-33-17-6-3-15(4-7-17)24(28)18(10-14-2-9-21-22(11-14)32-13-31-21)23(25(29)30)16-5-8-19-20(12-16)27-34-26-19;/h2-9,11-12H,10,13H2,1H3,(H,29,30);/q;+1/p-1. The normalized spacial score (nSPS) is 12.7. The monoisotopic (exact) mass is 512 g/mol. The van der Waals surface area contributed by atoms with Crippen LogP contribution in [-0.2, 0) is 11.2 Å². The molecule has 0 saturated heterocycles. The number of hydrogen-bond donors (Lipinski definition) is 0. The molecule has 0 N–H and O–H groups in total. The summed E-state index contributed by atoms with van der Waals surface area (Å²) in [6.07, 6.45) is 2.01. The molecule has 10 heteroatoms. The van der Waals surface area contributed by atoms with Crippen molar-refractivity contribution >= 4 is 51.8 Å². The van der Waals surface area contributed by atoms with Gasteiger partial charge in [0.25, 0.3) is 0 Å². The number of nitrogens with zero attached hydrogens (tertiary/aromatic N) is 2. The summed E-state index contributed by atoms with van der Waals surface area (Å²) in [5.74, 6) is -0.665. The van der Waals surface area contributed by atoms with Gasteiger partial charge in [0.1, 0.15) is 11.0 Å². The number of carboxylic acids is 1. The number of thioether (sulfide) groups is 1. The van der Waals surface area contributed by atoms with E-state index < -0.39 is 5.97 Å². The van der Waals surface area contributed by atoms with E-state index in [0.29, 0.717) is 39.2 Å². The zero-order valence-corrected chi connectivity index (χ0v) is 22.6. The first-order valence-electron chi connectivity index (χ1n) is 10.3. The van der Waals surface area contributed by atoms with Crippen molar-refractivity contribution in [1.82, 2.24) is 8.75 Å². The number of hydrogen-bond acceptors (Lipinski definition) is 9. The van der Waals surface area contributed by atoms with Crippen molar-refractivity contribution in [2.24, 2.45) is 0 Å². The van der Waals surface area contributed by atoms with Gasteiger partial charge in [-0.15, -0.1) is 11.8 Å². The number of Topliss-reactive ketones (excluding diaryl/α,β-unsaturated/α-hetero) is 1. The fraction of sp³-hybridized carbons (Fsp3) is 0.120. The molecular weight excluding hydrogens is 495 g/mol. The maximum Gasteiger partial charge on any atom is 1.00 e. The summed E-state index contributed by atoms with van der Waals surface area (Å²) in [4.78, 5) is 27.1. The van der Waals surface area contributed by atoms with Crippen LogP contribution in [0.4, 0.5) is 0 Å². The van der Waals surface area contributed by atoms with Crippen LogP contribution in [0.15, 0.2) is 71.1 Å². The number of allylic oxidation sites excluding steroid dienone is 1. The molecule has 5 rings (SSSR count). The number of ketones is 1. The number of fused-ring (bicyclic) bond motifs is 2. The van der Waals surface area contributed by atoms with E-state index in [9.17, 15) is 14.7 Å². The minimum absolute atomic E-state index is 0. The average Bonchev–Trinajstić information content (AvgIpc) is 3.51. The molecule has 4 aromatic rings. The number of ether oxygens (including phenoxy) is 2. The third kappa shape index (κ3) is 5.29. The molecule has 170 valence electrons. The molecule has 1 aromatic heterocycles. The molecule has 1 aliphatic rings. The van der Waals surface area contributed by atoms with Gasteiger partial charge in [-0.3, -0.25) is 4.79 Å². The molecule has 2 heterocycles. The van der Waals surface area contributed by atoms with E-state index in [1.165, 1.54) is 0 Å². The Morgan fingerprint density at radius 3 is 2.40 bits per heavy atom. The molecule has 0 amide bonds. The van der Waals surface area contributed by atoms with Gasteiger partial charge in [0.05, 0.1) is 17.7 Å². The molecule has 0 unspecified atom stereocenters. The molecule has 35 heavy (non-hydrogen) atoms. The molecule has 0 aliphatic carbocycles. The summed E-state index contributed by atoms with van der Waals surface area (Å²) in [5.41, 5.74) is 2.59. The molecule has 0 atom stereocenters. The van der Waals surface area contributed by atoms with Crippen molar-refractivity contribution in [2.75, 3.05) is 13.0 Å². The van der Waals surface area contributed by atoms with Gasteiger partial charge in [-0.05, 0) is 65.9 Å². The second-order valence-corrected chi connectivity index (χ2v) is 8.94. The summed E-state index contributed by atoms with van der Waals surface area (Å²) < 4.78 is 19.2. The number of aromatic nitrogens is 2. The SMILES string of the molecule is CSc1ccc(C(=O)C(Cc2ccc3c(c2)OCO3)=C(C(=O)[O-])c2ccc3nsnc3c2)cc1.[Na+]. The van der Waals surface area contributed by atoms with Crippen molar-refractivity contribution in [3.8, 4) is 11.5 Å². The van der Waals surface area contributed by atoms with Gasteiger partial charge < -0.3 is 19.4 Å². The van der Waals surface area contributed by atoms with Gasteiger partial charge in [0.2, 0.25) is 6.79 Å². The molecule has 0 radical (unpaired) electrons. The van der Waals surface area contributed by atoms with E-state index >= 15 is 0 Å². The van der Waals surface area contributed by atoms with E-state index in [-0.39, 0.29) is 59.7 Å². The number of carbonyl (C=O) groups is 2. The van der Waals surface area contributed by atoms with Gasteiger partial charge in [0, 0.05) is 28.0 Å². The predicted octanol–water partition coefficient (Wildman–Crippen LogP) is 0.775. The van der Waals surface area contributed by atoms with E-state index in [1.54, 1.807) is 60.3 Å². The van der Waals surface area contributed by atoms with Crippen LogP contribution in [0.1, 0.15) is 21.5 Å². The van der Waals surface area contributed by atoms with Gasteiger partial charge in [-0.1, -0.05) is 12.1 Å². The first kappa shape index (κ1) is 25.4. The Kier molecular flexibility index (Phi) is 7.93. The first-order valence-corrected chi connectivity index (χ1v) is 12.2. The van der Waals surface area contributed by atoms with E-state index in [2.05, 4.69) is 8.75 Å². The Labute approximate surface area is 231 Å². The van der Waals surface area contributed by atoms with Crippen molar-refractivity contribution in [2.45, 2.75) is 11.3 Å². The van der Waals surface area contributed by atoms with E-state index in [0.717, 1.165) is 16.6 Å². The summed E-state index contributed by atoms with van der Waals surface area (Å²) in [6.45, 7) is 0.119. The molecule has 1 aliphatic heterocycles. The number of aliphatic carboxylic acids is 1. The van der Waals surface area contributed by atoms with Crippen molar-refractivity contribution < 1.29 is 53.7 Å². The van der Waals surface area contributed by atoms with Crippen LogP contribution >= 0.6 is 23.5 Å². The molecule has 3 aromatic carbocycles. The van der Waals surface area contributed by atoms with Crippen molar-refractivity contribution in [1.29, 1.82) is 0 Å². The minimum atomic E-state index is -1.44. The Bertz CT molecular complexity index is 1450. The summed E-state index contributed by atoms with van der Waals surface area (Å²) in [6, 6.07) is 17.3. The fourth-order valence-electron chi connectivity index (χ4n) is 3.81. The van der Waals surface area contributed by atoms with E-state index in [1.807, 2.05) is 18.4 Å². The van der Waals surface area contributed by atoms with Crippen molar-refractivity contribution in [3.05, 3.63) is 82.9 Å². The third-order valence-corrected chi connectivity index (χ3v) is 6.79. The number of benzene rings is 3. The third-order valence-electron chi connectivity index (χ3n) is 5.49. The molecular formula is C25H17N2NaO5S2. The van der Waals surface area contributed by atoms with Crippen LogP contribution in [0.3, 0.4) is 0 Å². The first-order chi connectivity index (χ1) is 16.5. The average molecular weight is 513 g/mol. The smallest absolute Gasteiger partial charge is 0.545 e. The minimum Gasteiger partial charge on any atom is -0.545 e. The number of carboxylic acid groups (broad SMARTS) is 1. The largest absolute Gasteiger partial charge is 1.00 e. The number of carbonyl (C=O) groups excluding carboxylic acids is 2. The molecule has 7 nitrogen and oxygen atoms in total. The van der Waals surface area contributed by atoms with Crippen LogP contribution in [-0.4, -0.2) is 33.5 Å². The number of rotatable bonds is 7. The van der Waals surface area contributed by atoms with Gasteiger partial charge in [-0.25, -0.2) is 0 Å². The van der Waals surface area contributed by atoms with Crippen LogP contribution in [0.25, 0.3) is 16.6 Å². The second-order valence-electron chi connectivity index (χ2n) is 7.53. The van der Waals surface area contributed by atoms with Crippen LogP contribution in [0, 0.1) is 0 Å². The van der Waals surface area contributed by atoms with Crippen LogP contribution < -0.4 is 44.1 Å². The van der Waals surface area contributed by atoms with Gasteiger partial charge in [-0.2, -0.15) is 8.75 Å². The topological polar surface area (TPSA) is 101 Å². The Balaban J connectivity index is 0.00000289. The quantitative estimate of drug-likeness (QED) is 0.155. The van der Waals surface area contributed by atoms with E-state index in [4.69, 9.17) is 9.47 Å². The maximum absolute atomic E-state index is 13.7. The maximum atomic E-state index is 13.7. The Morgan fingerprint density at radius 2 is 1.66 bits per heavy atom. The summed E-state index contributed by atoms with van der Waals surface area (Å²) in [7, 11) is 0. The fourth-order valence-corrected chi connectivity index (χ4v) is 4.73. The molecule has 0 fully saturated rings. The zero-order chi connectivity index (χ0) is 23.7. The van der Waals surface area contributed by atoms with Crippen LogP contribution in [0.2, 0.25) is 0 Å². The summed E-state index contributed by atoms with van der Waals surface area (Å²) >= 11 is 2.59. The Hall–Kier alpha value is -2.69. The van der Waals surface area contributed by atoms with Crippen LogP contribution in [0.5, 0.6) is 11.5 Å².